The van der Waals surface area contributed by atoms with E-state index in [-0.39, 0.29) is 30.3 Å². The second-order valence-corrected chi connectivity index (χ2v) is 6.69. The second kappa shape index (κ2) is 5.95. The Bertz CT molecular complexity index is 329. The number of carbonyl (C=O) groups excluding carboxylic acids is 2. The summed E-state index contributed by atoms with van der Waals surface area (Å²) in [5.41, 5.74) is 0. The molecule has 1 N–H and O–H groups in total. The molecule has 2 amide bonds. The number of hydrogen-bond acceptors (Lipinski definition) is 3. The third-order valence-electron chi connectivity index (χ3n) is 3.89. The van der Waals surface area contributed by atoms with Gasteiger partial charge in [0.2, 0.25) is 11.8 Å². The summed E-state index contributed by atoms with van der Waals surface area (Å²) < 4.78 is 0. The average molecular weight is 270 g/mol. The van der Waals surface area contributed by atoms with Crippen molar-refractivity contribution in [3.8, 4) is 0 Å². The number of piperazine rings is 1. The van der Waals surface area contributed by atoms with Crippen LogP contribution in [0.25, 0.3) is 0 Å². The SMILES string of the molecule is CCC(C)C1NC(=O)CN(CC2CCCS2)C1=O. The first-order chi connectivity index (χ1) is 8.61. The zero-order chi connectivity index (χ0) is 13.1. The smallest absolute Gasteiger partial charge is 0.245 e. The van der Waals surface area contributed by atoms with Crippen LogP contribution in [0.5, 0.6) is 0 Å². The van der Waals surface area contributed by atoms with Crippen molar-refractivity contribution in [2.75, 3.05) is 18.8 Å². The Kier molecular flexibility index (Phi) is 4.54. The van der Waals surface area contributed by atoms with Gasteiger partial charge in [0.1, 0.15) is 6.04 Å². The van der Waals surface area contributed by atoms with Crippen LogP contribution in [0.15, 0.2) is 0 Å². The predicted molar refractivity (Wildman–Crippen MR) is 73.4 cm³/mol. The van der Waals surface area contributed by atoms with Crippen LogP contribution in [0.4, 0.5) is 0 Å². The molecule has 0 saturated carbocycles. The lowest BCUT2D eigenvalue weighted by Gasteiger charge is -2.36. The molecule has 2 heterocycles. The lowest BCUT2D eigenvalue weighted by Crippen LogP contribution is -2.60. The molecular formula is C13H22N2O2S. The first-order valence-corrected chi connectivity index (χ1v) is 7.86. The highest BCUT2D eigenvalue weighted by Crippen LogP contribution is 2.27. The first-order valence-electron chi connectivity index (χ1n) is 6.81. The highest BCUT2D eigenvalue weighted by Gasteiger charge is 2.36. The van der Waals surface area contributed by atoms with Gasteiger partial charge in [-0.05, 0) is 24.5 Å². The summed E-state index contributed by atoms with van der Waals surface area (Å²) in [6.45, 7) is 5.05. The van der Waals surface area contributed by atoms with E-state index >= 15 is 0 Å². The van der Waals surface area contributed by atoms with E-state index in [2.05, 4.69) is 12.2 Å². The van der Waals surface area contributed by atoms with Crippen molar-refractivity contribution >= 4 is 23.6 Å². The van der Waals surface area contributed by atoms with Gasteiger partial charge in [0.25, 0.3) is 0 Å². The number of hydrogen-bond donors (Lipinski definition) is 1. The van der Waals surface area contributed by atoms with E-state index in [1.807, 2.05) is 18.7 Å². The highest BCUT2D eigenvalue weighted by atomic mass is 32.2. The van der Waals surface area contributed by atoms with Crippen LogP contribution < -0.4 is 5.32 Å². The number of thioether (sulfide) groups is 1. The summed E-state index contributed by atoms with van der Waals surface area (Å²) in [4.78, 5) is 25.8. The van der Waals surface area contributed by atoms with Crippen molar-refractivity contribution in [3.63, 3.8) is 0 Å². The Morgan fingerprint density at radius 2 is 2.28 bits per heavy atom. The predicted octanol–water partition coefficient (Wildman–Crippen LogP) is 1.26. The monoisotopic (exact) mass is 270 g/mol. The lowest BCUT2D eigenvalue weighted by molar-refractivity contribution is -0.145. The van der Waals surface area contributed by atoms with Gasteiger partial charge in [0, 0.05) is 11.8 Å². The molecule has 102 valence electrons. The number of nitrogens with zero attached hydrogens (tertiary/aromatic N) is 1. The summed E-state index contributed by atoms with van der Waals surface area (Å²) in [5.74, 6) is 1.49. The maximum atomic E-state index is 12.4. The van der Waals surface area contributed by atoms with E-state index in [0.29, 0.717) is 5.25 Å². The minimum absolute atomic E-state index is 0.0112. The van der Waals surface area contributed by atoms with Gasteiger partial charge < -0.3 is 10.2 Å². The maximum absolute atomic E-state index is 12.4. The number of nitrogens with one attached hydrogen (secondary N) is 1. The molecule has 0 aromatic carbocycles. The quantitative estimate of drug-likeness (QED) is 0.836. The van der Waals surface area contributed by atoms with Crippen LogP contribution >= 0.6 is 11.8 Å². The van der Waals surface area contributed by atoms with Gasteiger partial charge in [0.05, 0.1) is 6.54 Å². The zero-order valence-corrected chi connectivity index (χ0v) is 12.0. The second-order valence-electron chi connectivity index (χ2n) is 5.28. The Balaban J connectivity index is 2.00. The molecule has 0 aromatic heterocycles. The zero-order valence-electron chi connectivity index (χ0n) is 11.1. The molecule has 2 saturated heterocycles. The van der Waals surface area contributed by atoms with Crippen molar-refractivity contribution in [2.24, 2.45) is 5.92 Å². The molecule has 18 heavy (non-hydrogen) atoms. The maximum Gasteiger partial charge on any atom is 0.245 e. The fourth-order valence-electron chi connectivity index (χ4n) is 2.54. The van der Waals surface area contributed by atoms with Crippen molar-refractivity contribution < 1.29 is 9.59 Å². The molecule has 0 aliphatic carbocycles. The Morgan fingerprint density at radius 1 is 1.50 bits per heavy atom. The number of carbonyl (C=O) groups is 2. The first kappa shape index (κ1) is 13.7. The molecule has 5 heteroatoms. The fourth-order valence-corrected chi connectivity index (χ4v) is 3.82. The molecule has 3 atom stereocenters. The molecule has 0 aromatic rings. The van der Waals surface area contributed by atoms with Gasteiger partial charge in [-0.25, -0.2) is 0 Å². The van der Waals surface area contributed by atoms with Crippen LogP contribution in [0, 0.1) is 5.92 Å². The molecule has 2 aliphatic rings. The molecule has 3 unspecified atom stereocenters. The van der Waals surface area contributed by atoms with E-state index in [4.69, 9.17) is 0 Å². The van der Waals surface area contributed by atoms with Crippen molar-refractivity contribution in [1.82, 2.24) is 10.2 Å². The summed E-state index contributed by atoms with van der Waals surface area (Å²) >= 11 is 1.93. The minimum Gasteiger partial charge on any atom is -0.342 e. The summed E-state index contributed by atoms with van der Waals surface area (Å²) in [6, 6.07) is -0.317. The van der Waals surface area contributed by atoms with Crippen LogP contribution in [-0.2, 0) is 9.59 Å². The largest absolute Gasteiger partial charge is 0.342 e. The molecule has 0 spiro atoms. The molecule has 0 bridgehead atoms. The number of amides is 2. The summed E-state index contributed by atoms with van der Waals surface area (Å²) in [7, 11) is 0. The Hall–Kier alpha value is -0.710. The molecular weight excluding hydrogens is 248 g/mol. The normalized spacial score (nSPS) is 30.4. The van der Waals surface area contributed by atoms with Crippen molar-refractivity contribution in [3.05, 3.63) is 0 Å². The standard InChI is InChI=1S/C13H22N2O2S/c1-3-9(2)12-13(17)15(8-11(16)14-12)7-10-5-4-6-18-10/h9-10,12H,3-8H2,1-2H3,(H,14,16). The summed E-state index contributed by atoms with van der Waals surface area (Å²) in [6.07, 6.45) is 3.31. The van der Waals surface area contributed by atoms with E-state index in [0.717, 1.165) is 13.0 Å². The molecule has 0 radical (unpaired) electrons. The highest BCUT2D eigenvalue weighted by molar-refractivity contribution is 8.00. The van der Waals surface area contributed by atoms with Gasteiger partial charge in [-0.2, -0.15) is 11.8 Å². The third kappa shape index (κ3) is 2.99. The van der Waals surface area contributed by atoms with E-state index < -0.39 is 0 Å². The fraction of sp³-hybridized carbons (Fsp3) is 0.846. The van der Waals surface area contributed by atoms with Crippen molar-refractivity contribution in [2.45, 2.75) is 44.4 Å². The van der Waals surface area contributed by atoms with Crippen LogP contribution in [0.3, 0.4) is 0 Å². The van der Waals surface area contributed by atoms with E-state index in [1.165, 1.54) is 18.6 Å². The van der Waals surface area contributed by atoms with Gasteiger partial charge in [-0.1, -0.05) is 20.3 Å². The average Bonchev–Trinajstić information content (AvgIpc) is 2.85. The molecule has 2 aliphatic heterocycles. The van der Waals surface area contributed by atoms with Crippen molar-refractivity contribution in [1.29, 1.82) is 0 Å². The van der Waals surface area contributed by atoms with E-state index in [1.54, 1.807) is 4.90 Å². The number of rotatable bonds is 4. The molecule has 2 fully saturated rings. The van der Waals surface area contributed by atoms with Gasteiger partial charge in [-0.15, -0.1) is 0 Å². The minimum atomic E-state index is -0.317. The van der Waals surface area contributed by atoms with E-state index in [9.17, 15) is 9.59 Å². The Labute approximate surface area is 113 Å². The van der Waals surface area contributed by atoms with Gasteiger partial charge in [0.15, 0.2) is 0 Å². The van der Waals surface area contributed by atoms with Crippen LogP contribution in [0.2, 0.25) is 0 Å². The third-order valence-corrected chi connectivity index (χ3v) is 5.27. The van der Waals surface area contributed by atoms with Crippen LogP contribution in [0.1, 0.15) is 33.1 Å². The topological polar surface area (TPSA) is 49.4 Å². The van der Waals surface area contributed by atoms with Crippen LogP contribution in [-0.4, -0.2) is 46.8 Å². The van der Waals surface area contributed by atoms with Gasteiger partial charge in [-0.3, -0.25) is 9.59 Å². The molecule has 4 nitrogen and oxygen atoms in total. The summed E-state index contributed by atoms with van der Waals surface area (Å²) in [5, 5.41) is 3.36. The lowest BCUT2D eigenvalue weighted by atomic mass is 9.96. The Morgan fingerprint density at radius 3 is 2.89 bits per heavy atom. The molecule has 2 rings (SSSR count). The van der Waals surface area contributed by atoms with Gasteiger partial charge >= 0.3 is 0 Å².